The van der Waals surface area contributed by atoms with E-state index in [-0.39, 0.29) is 0 Å². The molecule has 0 aliphatic carbocycles. The molecule has 108 valence electrons. The van der Waals surface area contributed by atoms with Gasteiger partial charge in [0.25, 0.3) is 0 Å². The molecule has 0 aliphatic rings. The van der Waals surface area contributed by atoms with Crippen LogP contribution >= 0.6 is 0 Å². The van der Waals surface area contributed by atoms with Crippen LogP contribution in [0.2, 0.25) is 0 Å². The Morgan fingerprint density at radius 1 is 1.10 bits per heavy atom. The van der Waals surface area contributed by atoms with E-state index in [9.17, 15) is 0 Å². The third kappa shape index (κ3) is 4.72. The van der Waals surface area contributed by atoms with Crippen molar-refractivity contribution in [2.45, 2.75) is 45.4 Å². The molecule has 3 heteroatoms. The van der Waals surface area contributed by atoms with Crippen molar-refractivity contribution < 1.29 is 0 Å². The van der Waals surface area contributed by atoms with Gasteiger partial charge in [-0.15, -0.1) is 0 Å². The number of unbranched alkanes of at least 4 members (excludes halogenated alkanes) is 5. The van der Waals surface area contributed by atoms with Crippen molar-refractivity contribution in [3.05, 3.63) is 43.0 Å². The lowest BCUT2D eigenvalue weighted by Crippen LogP contribution is -2.02. The molecule has 0 saturated carbocycles. The average molecular weight is 271 g/mol. The topological polar surface area (TPSA) is 29.9 Å². The lowest BCUT2D eigenvalue weighted by Gasteiger charge is -2.09. The first-order valence-electron chi connectivity index (χ1n) is 7.72. The Balaban J connectivity index is 1.72. The smallest absolute Gasteiger partial charge is 0.0991 e. The zero-order chi connectivity index (χ0) is 14.0. The first-order valence-corrected chi connectivity index (χ1v) is 7.72. The number of nitrogens with zero attached hydrogens (tertiary/aromatic N) is 2. The second-order valence-corrected chi connectivity index (χ2v) is 5.21. The van der Waals surface area contributed by atoms with Crippen LogP contribution in [0.5, 0.6) is 0 Å². The van der Waals surface area contributed by atoms with Crippen LogP contribution in [0.15, 0.2) is 43.0 Å². The van der Waals surface area contributed by atoms with E-state index in [0.717, 1.165) is 12.2 Å². The summed E-state index contributed by atoms with van der Waals surface area (Å²) in [4.78, 5) is 4.08. The first-order chi connectivity index (χ1) is 9.90. The van der Waals surface area contributed by atoms with E-state index in [1.54, 1.807) is 6.20 Å². The maximum Gasteiger partial charge on any atom is 0.0991 e. The van der Waals surface area contributed by atoms with Gasteiger partial charge in [0.1, 0.15) is 0 Å². The lowest BCUT2D eigenvalue weighted by atomic mass is 10.1. The summed E-state index contributed by atoms with van der Waals surface area (Å²) in [7, 11) is 0. The molecule has 1 heterocycles. The normalized spacial score (nSPS) is 10.7. The third-order valence-electron chi connectivity index (χ3n) is 3.51. The predicted octanol–water partition coefficient (Wildman–Crippen LogP) is 4.64. The van der Waals surface area contributed by atoms with Gasteiger partial charge in [-0.05, 0) is 24.6 Å². The summed E-state index contributed by atoms with van der Waals surface area (Å²) in [5.74, 6) is 0. The number of anilines is 1. The van der Waals surface area contributed by atoms with Crippen molar-refractivity contribution in [2.24, 2.45) is 0 Å². The highest BCUT2D eigenvalue weighted by Gasteiger charge is 1.97. The van der Waals surface area contributed by atoms with Gasteiger partial charge in [0.2, 0.25) is 0 Å². The summed E-state index contributed by atoms with van der Waals surface area (Å²) >= 11 is 0. The fraction of sp³-hybridized carbons (Fsp3) is 0.471. The van der Waals surface area contributed by atoms with Gasteiger partial charge < -0.3 is 9.88 Å². The van der Waals surface area contributed by atoms with Crippen molar-refractivity contribution in [3.63, 3.8) is 0 Å². The zero-order valence-corrected chi connectivity index (χ0v) is 12.4. The molecule has 0 atom stereocenters. The summed E-state index contributed by atoms with van der Waals surface area (Å²) in [6, 6.07) is 8.47. The van der Waals surface area contributed by atoms with Crippen LogP contribution in [0.4, 0.5) is 5.69 Å². The molecule has 0 radical (unpaired) electrons. The van der Waals surface area contributed by atoms with Crippen LogP contribution in [0, 0.1) is 0 Å². The maximum absolute atomic E-state index is 4.08. The van der Waals surface area contributed by atoms with E-state index in [1.807, 2.05) is 17.1 Å². The Morgan fingerprint density at radius 3 is 2.75 bits per heavy atom. The summed E-state index contributed by atoms with van der Waals surface area (Å²) in [5.41, 5.74) is 2.33. The Hall–Kier alpha value is -1.77. The van der Waals surface area contributed by atoms with Crippen LogP contribution < -0.4 is 5.32 Å². The summed E-state index contributed by atoms with van der Waals surface area (Å²) in [6.07, 6.45) is 13.6. The molecule has 0 amide bonds. The molecule has 0 unspecified atom stereocenters. The molecule has 1 aromatic carbocycles. The van der Waals surface area contributed by atoms with Crippen molar-refractivity contribution in [1.82, 2.24) is 9.55 Å². The molecule has 0 aliphatic heterocycles. The van der Waals surface area contributed by atoms with Crippen molar-refractivity contribution >= 4 is 5.69 Å². The van der Waals surface area contributed by atoms with Crippen molar-refractivity contribution in [1.29, 1.82) is 0 Å². The number of imidazole rings is 1. The Kier molecular flexibility index (Phi) is 6.15. The van der Waals surface area contributed by atoms with Gasteiger partial charge in [-0.25, -0.2) is 4.98 Å². The Bertz CT molecular complexity index is 477. The number of rotatable bonds is 9. The highest BCUT2D eigenvalue weighted by atomic mass is 15.0. The number of hydrogen-bond acceptors (Lipinski definition) is 2. The third-order valence-corrected chi connectivity index (χ3v) is 3.51. The number of benzene rings is 1. The minimum absolute atomic E-state index is 1.06. The molecule has 0 saturated heterocycles. The molecule has 0 spiro atoms. The standard InChI is InChI=1S/C17H25N3/c1-2-3-4-5-6-7-11-19-16-9-8-10-17(14-16)20-13-12-18-15-20/h8-10,12-15,19H,2-7,11H2,1H3. The monoisotopic (exact) mass is 271 g/mol. The van der Waals surface area contributed by atoms with Gasteiger partial charge in [0, 0.05) is 30.3 Å². The second kappa shape index (κ2) is 8.41. The molecule has 0 bridgehead atoms. The lowest BCUT2D eigenvalue weighted by molar-refractivity contribution is 0.617. The molecular weight excluding hydrogens is 246 g/mol. The largest absolute Gasteiger partial charge is 0.385 e. The van der Waals surface area contributed by atoms with Crippen molar-refractivity contribution in [2.75, 3.05) is 11.9 Å². The SMILES string of the molecule is CCCCCCCCNc1cccc(-n2ccnc2)c1. The van der Waals surface area contributed by atoms with E-state index in [4.69, 9.17) is 0 Å². The Morgan fingerprint density at radius 2 is 1.95 bits per heavy atom. The van der Waals surface area contributed by atoms with Crippen LogP contribution in [0.3, 0.4) is 0 Å². The van der Waals surface area contributed by atoms with Gasteiger partial charge >= 0.3 is 0 Å². The highest BCUT2D eigenvalue weighted by Crippen LogP contribution is 2.14. The fourth-order valence-corrected chi connectivity index (χ4v) is 2.33. The quantitative estimate of drug-likeness (QED) is 0.673. The van der Waals surface area contributed by atoms with Crippen LogP contribution in [-0.2, 0) is 0 Å². The van der Waals surface area contributed by atoms with E-state index in [2.05, 4.69) is 41.5 Å². The van der Waals surface area contributed by atoms with E-state index >= 15 is 0 Å². The summed E-state index contributed by atoms with van der Waals surface area (Å²) in [6.45, 7) is 3.31. The number of aromatic nitrogens is 2. The highest BCUT2D eigenvalue weighted by molar-refractivity contribution is 5.51. The molecule has 1 N–H and O–H groups in total. The van der Waals surface area contributed by atoms with E-state index in [0.29, 0.717) is 0 Å². The van der Waals surface area contributed by atoms with Gasteiger partial charge in [0.05, 0.1) is 6.33 Å². The molecule has 0 fully saturated rings. The van der Waals surface area contributed by atoms with Gasteiger partial charge in [0.15, 0.2) is 0 Å². The zero-order valence-electron chi connectivity index (χ0n) is 12.4. The molecule has 2 aromatic rings. The molecule has 1 aromatic heterocycles. The number of hydrogen-bond donors (Lipinski definition) is 1. The number of nitrogens with one attached hydrogen (secondary N) is 1. The predicted molar refractivity (Wildman–Crippen MR) is 85.4 cm³/mol. The van der Waals surface area contributed by atoms with Crippen molar-refractivity contribution in [3.8, 4) is 5.69 Å². The molecular formula is C17H25N3. The van der Waals surface area contributed by atoms with Crippen LogP contribution in [0.1, 0.15) is 45.4 Å². The Labute approximate surface area is 122 Å². The maximum atomic E-state index is 4.08. The van der Waals surface area contributed by atoms with E-state index < -0.39 is 0 Å². The molecule has 2 rings (SSSR count). The summed E-state index contributed by atoms with van der Waals surface area (Å²) < 4.78 is 2.02. The molecule has 20 heavy (non-hydrogen) atoms. The average Bonchev–Trinajstić information content (AvgIpc) is 3.01. The van der Waals surface area contributed by atoms with Crippen LogP contribution in [-0.4, -0.2) is 16.1 Å². The second-order valence-electron chi connectivity index (χ2n) is 5.21. The van der Waals surface area contributed by atoms with Gasteiger partial charge in [-0.3, -0.25) is 0 Å². The summed E-state index contributed by atoms with van der Waals surface area (Å²) in [5, 5.41) is 3.50. The minimum atomic E-state index is 1.06. The van der Waals surface area contributed by atoms with Gasteiger partial charge in [-0.1, -0.05) is 45.1 Å². The molecule has 3 nitrogen and oxygen atoms in total. The fourth-order valence-electron chi connectivity index (χ4n) is 2.33. The van der Waals surface area contributed by atoms with Crippen LogP contribution in [0.25, 0.3) is 5.69 Å². The van der Waals surface area contributed by atoms with Gasteiger partial charge in [-0.2, -0.15) is 0 Å². The minimum Gasteiger partial charge on any atom is -0.385 e. The van der Waals surface area contributed by atoms with E-state index in [1.165, 1.54) is 44.2 Å². The first kappa shape index (κ1) is 14.6.